The number of para-hydroxylation sites is 1. The number of ketones is 1. The Hall–Kier alpha value is -4.46. The van der Waals surface area contributed by atoms with Crippen LogP contribution in [0, 0.1) is 17.2 Å². The highest BCUT2D eigenvalue weighted by Gasteiger charge is 2.56. The van der Waals surface area contributed by atoms with Crippen molar-refractivity contribution in [3.8, 4) is 11.8 Å². The monoisotopic (exact) mass is 631 g/mol. The summed E-state index contributed by atoms with van der Waals surface area (Å²) in [5, 5.41) is 14.3. The van der Waals surface area contributed by atoms with Gasteiger partial charge in [-0.25, -0.2) is 4.68 Å². The van der Waals surface area contributed by atoms with Crippen LogP contribution in [0.2, 0.25) is 0 Å². The second-order valence-electron chi connectivity index (χ2n) is 13.1. The molecule has 46 heavy (non-hydrogen) atoms. The van der Waals surface area contributed by atoms with Gasteiger partial charge in [-0.05, 0) is 66.8 Å². The molecule has 0 radical (unpaired) electrons. The third-order valence-corrected chi connectivity index (χ3v) is 9.63. The number of nitrogens with zero attached hydrogens (tertiary/aromatic N) is 5. The van der Waals surface area contributed by atoms with Crippen LogP contribution in [0.1, 0.15) is 78.6 Å². The van der Waals surface area contributed by atoms with Gasteiger partial charge < -0.3 is 9.80 Å². The lowest BCUT2D eigenvalue weighted by molar-refractivity contribution is -0.138. The molecule has 0 unspecified atom stereocenters. The first-order chi connectivity index (χ1) is 21.9. The molecule has 8 nitrogen and oxygen atoms in total. The molecule has 1 aromatic heterocycles. The van der Waals surface area contributed by atoms with Crippen LogP contribution in [0.3, 0.4) is 0 Å². The van der Waals surface area contributed by atoms with Crippen molar-refractivity contribution < 1.29 is 27.6 Å². The van der Waals surface area contributed by atoms with Crippen LogP contribution in [-0.4, -0.2) is 62.4 Å². The first-order valence-electron chi connectivity index (χ1n) is 15.8. The van der Waals surface area contributed by atoms with Crippen molar-refractivity contribution in [2.24, 2.45) is 5.92 Å². The number of Topliss-reactive ketones (excluding diaryl/α,β-unsaturated/α-hetero) is 1. The van der Waals surface area contributed by atoms with Crippen LogP contribution in [0.25, 0.3) is 5.69 Å². The van der Waals surface area contributed by atoms with E-state index in [0.717, 1.165) is 46.7 Å². The molecule has 1 aliphatic carbocycles. The number of halogens is 3. The number of fused-ring (bicyclic) bond motifs is 2. The Labute approximate surface area is 265 Å². The number of hydrogen-bond donors (Lipinski definition) is 0. The largest absolute Gasteiger partial charge is 0.418 e. The van der Waals surface area contributed by atoms with Gasteiger partial charge >= 0.3 is 6.18 Å². The van der Waals surface area contributed by atoms with Gasteiger partial charge in [0.1, 0.15) is 17.9 Å². The average molecular weight is 632 g/mol. The second kappa shape index (κ2) is 12.0. The van der Waals surface area contributed by atoms with Gasteiger partial charge in [-0.3, -0.25) is 14.4 Å². The van der Waals surface area contributed by atoms with E-state index in [-0.39, 0.29) is 48.9 Å². The van der Waals surface area contributed by atoms with Crippen LogP contribution in [0.5, 0.6) is 0 Å². The van der Waals surface area contributed by atoms with Gasteiger partial charge in [0.2, 0.25) is 5.91 Å². The average Bonchev–Trinajstić information content (AvgIpc) is 3.73. The maximum Gasteiger partial charge on any atom is 0.418 e. The summed E-state index contributed by atoms with van der Waals surface area (Å²) in [7, 11) is 0. The van der Waals surface area contributed by atoms with Gasteiger partial charge in [-0.2, -0.15) is 23.5 Å². The molecular weight excluding hydrogens is 595 g/mol. The van der Waals surface area contributed by atoms with E-state index in [1.807, 2.05) is 26.0 Å². The van der Waals surface area contributed by atoms with Gasteiger partial charge in [0, 0.05) is 25.7 Å². The zero-order valence-corrected chi connectivity index (χ0v) is 25.9. The first-order valence-corrected chi connectivity index (χ1v) is 15.8. The highest BCUT2D eigenvalue weighted by molar-refractivity contribution is 6.00. The molecule has 3 heterocycles. The van der Waals surface area contributed by atoms with Gasteiger partial charge in [0.15, 0.2) is 0 Å². The van der Waals surface area contributed by atoms with E-state index in [4.69, 9.17) is 0 Å². The summed E-state index contributed by atoms with van der Waals surface area (Å²) in [5.41, 5.74) is 0.931. The summed E-state index contributed by atoms with van der Waals surface area (Å²) in [6.45, 7) is 4.20. The fraction of sp³-hybridized carbons (Fsp3) is 0.457. The third kappa shape index (κ3) is 5.59. The summed E-state index contributed by atoms with van der Waals surface area (Å²) in [6.07, 6.45) is 1.66. The molecule has 6 rings (SSSR count). The van der Waals surface area contributed by atoms with E-state index in [0.29, 0.717) is 12.8 Å². The molecule has 3 aromatic rings. The molecule has 0 N–H and O–H groups in total. The minimum atomic E-state index is -4.62. The summed E-state index contributed by atoms with van der Waals surface area (Å²) in [6, 6.07) is 11.6. The van der Waals surface area contributed by atoms with Gasteiger partial charge in [0.05, 0.1) is 34.5 Å². The number of alkyl halides is 3. The lowest BCUT2D eigenvalue weighted by atomic mass is 9.78. The third-order valence-electron chi connectivity index (χ3n) is 9.63. The Morgan fingerprint density at radius 1 is 1.13 bits per heavy atom. The van der Waals surface area contributed by atoms with E-state index >= 15 is 0 Å². The molecule has 2 aromatic carbocycles. The number of carbonyl (C=O) groups excluding carboxylic acids is 3. The molecular formula is C35H36F3N5O3. The van der Waals surface area contributed by atoms with Crippen molar-refractivity contribution in [2.45, 2.75) is 82.5 Å². The predicted octanol–water partition coefficient (Wildman–Crippen LogP) is 5.66. The lowest BCUT2D eigenvalue weighted by Gasteiger charge is -2.35. The zero-order chi connectivity index (χ0) is 32.8. The van der Waals surface area contributed by atoms with Crippen LogP contribution < -0.4 is 0 Å². The van der Waals surface area contributed by atoms with Crippen molar-refractivity contribution in [1.29, 1.82) is 5.26 Å². The fourth-order valence-electron chi connectivity index (χ4n) is 7.35. The molecule has 1 saturated heterocycles. The standard InChI is InChI=1S/C35H36F3N5O3/c1-22(2)14-30-33(46)42-21-34(17-26(42)18-39)28-15-23(11-12-24(28)16-31(34)44)8-4-3-7-13-41(30)32(45)25-19-40-43(20-25)29-10-6-5-9-27(29)35(36,37)38/h5-6,9-12,15,19-20,22,26,30H,3-4,7-8,13-14,16-17,21H2,1-2H3/t26-,30-,34-/m0/s1. The summed E-state index contributed by atoms with van der Waals surface area (Å²) in [4.78, 5) is 45.4. The highest BCUT2D eigenvalue weighted by Crippen LogP contribution is 2.46. The molecule has 1 spiro atoms. The van der Waals surface area contributed by atoms with Crippen LogP contribution >= 0.6 is 0 Å². The lowest BCUT2D eigenvalue weighted by Crippen LogP contribution is -2.53. The second-order valence-corrected chi connectivity index (χ2v) is 13.1. The highest BCUT2D eigenvalue weighted by atomic mass is 19.4. The fourth-order valence-corrected chi connectivity index (χ4v) is 7.35. The number of amides is 2. The number of rotatable bonds is 4. The molecule has 240 valence electrons. The topological polar surface area (TPSA) is 99.3 Å². The van der Waals surface area contributed by atoms with Gasteiger partial charge in [-0.1, -0.05) is 50.6 Å². The molecule has 0 saturated carbocycles. The summed E-state index contributed by atoms with van der Waals surface area (Å²) < 4.78 is 42.3. The molecule has 11 heteroatoms. The molecule has 4 bridgehead atoms. The van der Waals surface area contributed by atoms with Crippen LogP contribution in [-0.2, 0) is 34.0 Å². The summed E-state index contributed by atoms with van der Waals surface area (Å²) in [5.74, 6) is -0.913. The molecule has 2 aliphatic heterocycles. The van der Waals surface area contributed by atoms with E-state index in [1.54, 1.807) is 0 Å². The van der Waals surface area contributed by atoms with Crippen molar-refractivity contribution in [2.75, 3.05) is 13.1 Å². The molecule has 3 atom stereocenters. The Balaban J connectivity index is 1.39. The molecule has 3 aliphatic rings. The normalized spacial score (nSPS) is 23.5. The number of nitriles is 1. The van der Waals surface area contributed by atoms with Gasteiger partial charge in [-0.15, -0.1) is 0 Å². The maximum absolute atomic E-state index is 14.5. The Morgan fingerprint density at radius 2 is 1.91 bits per heavy atom. The van der Waals surface area contributed by atoms with Crippen LogP contribution in [0.15, 0.2) is 54.9 Å². The number of hydrogen-bond acceptors (Lipinski definition) is 5. The Kier molecular flexibility index (Phi) is 8.25. The molecule has 2 amide bonds. The van der Waals surface area contributed by atoms with E-state index < -0.39 is 41.1 Å². The Bertz CT molecular complexity index is 1720. The van der Waals surface area contributed by atoms with Crippen LogP contribution in [0.4, 0.5) is 13.2 Å². The number of aromatic nitrogens is 2. The van der Waals surface area contributed by atoms with E-state index in [2.05, 4.69) is 17.2 Å². The quantitative estimate of drug-likeness (QED) is 0.370. The van der Waals surface area contributed by atoms with Crippen molar-refractivity contribution >= 4 is 17.6 Å². The van der Waals surface area contributed by atoms with Crippen molar-refractivity contribution in [1.82, 2.24) is 19.6 Å². The van der Waals surface area contributed by atoms with E-state index in [1.165, 1.54) is 40.4 Å². The Morgan fingerprint density at radius 3 is 2.65 bits per heavy atom. The first kappa shape index (κ1) is 31.5. The minimum absolute atomic E-state index is 0.00184. The van der Waals surface area contributed by atoms with Crippen molar-refractivity contribution in [3.63, 3.8) is 0 Å². The smallest absolute Gasteiger partial charge is 0.327 e. The van der Waals surface area contributed by atoms with Crippen molar-refractivity contribution in [3.05, 3.63) is 82.7 Å². The molecule has 1 fully saturated rings. The summed E-state index contributed by atoms with van der Waals surface area (Å²) >= 11 is 0. The maximum atomic E-state index is 14.5. The zero-order valence-electron chi connectivity index (χ0n) is 25.9. The number of carbonyl (C=O) groups is 3. The van der Waals surface area contributed by atoms with E-state index in [9.17, 15) is 32.8 Å². The number of benzene rings is 2. The SMILES string of the molecule is CC(C)C[C@H]1C(=O)N2C[C@]3(C[C@H]2C#N)C(=O)Cc2ccc(cc23)CCCCCN1C(=O)c1cnn(-c2ccccc2C(F)(F)F)c1. The predicted molar refractivity (Wildman–Crippen MR) is 163 cm³/mol. The number of aryl methyl sites for hydroxylation is 1. The van der Waals surface area contributed by atoms with Gasteiger partial charge in [0.25, 0.3) is 5.91 Å². The minimum Gasteiger partial charge on any atom is -0.327 e.